The van der Waals surface area contributed by atoms with E-state index in [0.717, 1.165) is 28.6 Å². The average Bonchev–Trinajstić information content (AvgIpc) is 3.34. The molecule has 0 radical (unpaired) electrons. The lowest BCUT2D eigenvalue weighted by Crippen LogP contribution is -2.50. The number of nitrogens with one attached hydrogen (secondary N) is 2. The molecule has 0 saturated heterocycles. The Kier molecular flexibility index (Phi) is 8.26. The summed E-state index contributed by atoms with van der Waals surface area (Å²) in [5, 5.41) is 23.8. The molecule has 11 heteroatoms. The zero-order valence-electron chi connectivity index (χ0n) is 21.9. The number of aromatic hydroxyl groups is 1. The second kappa shape index (κ2) is 11.7. The monoisotopic (exact) mass is 566 g/mol. The van der Waals surface area contributed by atoms with Gasteiger partial charge in [-0.1, -0.05) is 30.0 Å². The maximum Gasteiger partial charge on any atom is 0.573 e. The number of alkyl halides is 3. The Bertz CT molecular complexity index is 1670. The van der Waals surface area contributed by atoms with E-state index in [1.54, 1.807) is 13.1 Å². The number of aromatic nitrogens is 1. The van der Waals surface area contributed by atoms with Crippen LogP contribution in [0.1, 0.15) is 44.3 Å². The van der Waals surface area contributed by atoms with Gasteiger partial charge in [0, 0.05) is 22.7 Å². The highest BCUT2D eigenvalue weighted by Crippen LogP contribution is 2.29. The first kappa shape index (κ1) is 29.0. The number of carbonyl (C=O) groups is 2. The van der Waals surface area contributed by atoms with Crippen molar-refractivity contribution in [2.75, 3.05) is 13.7 Å². The van der Waals surface area contributed by atoms with Crippen molar-refractivity contribution in [1.29, 1.82) is 0 Å². The van der Waals surface area contributed by atoms with Crippen LogP contribution in [0, 0.1) is 11.8 Å². The predicted octanol–water partition coefficient (Wildman–Crippen LogP) is 4.68. The van der Waals surface area contributed by atoms with Gasteiger partial charge in [0.25, 0.3) is 5.91 Å². The number of fused-ring (bicyclic) bond motifs is 1. The normalized spacial score (nSPS) is 12.6. The number of amides is 1. The molecule has 3 aromatic carbocycles. The van der Waals surface area contributed by atoms with Gasteiger partial charge in [-0.2, -0.15) is 0 Å². The lowest BCUT2D eigenvalue weighted by molar-refractivity contribution is -0.274. The van der Waals surface area contributed by atoms with E-state index in [4.69, 9.17) is 0 Å². The van der Waals surface area contributed by atoms with Gasteiger partial charge in [-0.25, -0.2) is 4.79 Å². The number of aliphatic hydroxyl groups is 1. The number of halogens is 3. The number of H-pyrrole nitrogens is 1. The summed E-state index contributed by atoms with van der Waals surface area (Å²) in [6, 6.07) is 14.6. The number of methoxy groups -OCH3 is 1. The molecule has 1 atom stereocenters. The van der Waals surface area contributed by atoms with Crippen LogP contribution >= 0.6 is 0 Å². The second-order valence-corrected chi connectivity index (χ2v) is 9.44. The van der Waals surface area contributed by atoms with E-state index in [2.05, 4.69) is 31.6 Å². The number of aromatic amines is 1. The third-order valence-electron chi connectivity index (χ3n) is 6.23. The van der Waals surface area contributed by atoms with Gasteiger partial charge in [-0.05, 0) is 61.4 Å². The first-order valence-corrected chi connectivity index (χ1v) is 12.2. The van der Waals surface area contributed by atoms with Crippen molar-refractivity contribution < 1.29 is 42.4 Å². The average molecular weight is 567 g/mol. The van der Waals surface area contributed by atoms with Gasteiger partial charge in [0.15, 0.2) is 0 Å². The van der Waals surface area contributed by atoms with Crippen LogP contribution in [0.2, 0.25) is 0 Å². The van der Waals surface area contributed by atoms with Crippen molar-refractivity contribution in [3.8, 4) is 23.3 Å². The molecule has 4 rings (SSSR count). The zero-order valence-corrected chi connectivity index (χ0v) is 21.9. The number of esters is 1. The third-order valence-corrected chi connectivity index (χ3v) is 6.23. The van der Waals surface area contributed by atoms with Crippen LogP contribution in [0.5, 0.6) is 11.5 Å². The van der Waals surface area contributed by atoms with Crippen LogP contribution in [0.4, 0.5) is 13.2 Å². The van der Waals surface area contributed by atoms with Gasteiger partial charge < -0.3 is 30.0 Å². The Labute approximate surface area is 232 Å². The van der Waals surface area contributed by atoms with E-state index in [9.17, 15) is 33.0 Å². The summed E-state index contributed by atoms with van der Waals surface area (Å²) >= 11 is 0. The Hall–Kier alpha value is -4.95. The Morgan fingerprint density at radius 2 is 1.80 bits per heavy atom. The van der Waals surface area contributed by atoms with Crippen LogP contribution in [-0.4, -0.2) is 52.7 Å². The van der Waals surface area contributed by atoms with Gasteiger partial charge in [0.2, 0.25) is 0 Å². The standard InChI is InChI=1S/C30H25F3N2O6/c1-29(17-36,15-21-16-34-24-6-4-3-5-22(21)24)35-27(38)23-13-18(8-12-26(23)41-30(31,32)33)7-9-19-14-20(28(39)40-2)10-11-25(19)37/h3-6,8,10-14,16,34,36-37H,15,17H2,1-2H3,(H,35,38). The van der Waals surface area contributed by atoms with Crippen molar-refractivity contribution in [2.24, 2.45) is 0 Å². The van der Waals surface area contributed by atoms with Gasteiger partial charge in [-0.3, -0.25) is 4.79 Å². The number of ether oxygens (including phenoxy) is 2. The molecule has 4 aromatic rings. The molecular weight excluding hydrogens is 541 g/mol. The maximum atomic E-state index is 13.3. The van der Waals surface area contributed by atoms with Crippen molar-refractivity contribution in [3.63, 3.8) is 0 Å². The summed E-state index contributed by atoms with van der Waals surface area (Å²) in [5.74, 6) is 2.73. The van der Waals surface area contributed by atoms with Crippen LogP contribution in [0.15, 0.2) is 66.9 Å². The molecule has 0 spiro atoms. The first-order chi connectivity index (χ1) is 19.4. The van der Waals surface area contributed by atoms with Crippen LogP contribution in [0.25, 0.3) is 10.9 Å². The minimum absolute atomic E-state index is 0.0566. The highest BCUT2D eigenvalue weighted by molar-refractivity contribution is 5.98. The SMILES string of the molecule is COC(=O)c1ccc(O)c(C#Cc2ccc(OC(F)(F)F)c(C(=O)NC(C)(CO)Cc3c[nH]c4ccccc34)c2)c1. The molecule has 0 saturated carbocycles. The van der Waals surface area contributed by atoms with E-state index in [1.165, 1.54) is 31.4 Å². The molecule has 212 valence electrons. The van der Waals surface area contributed by atoms with Crippen LogP contribution in [-0.2, 0) is 11.2 Å². The second-order valence-electron chi connectivity index (χ2n) is 9.44. The number of hydrogen-bond acceptors (Lipinski definition) is 6. The van der Waals surface area contributed by atoms with E-state index in [1.807, 2.05) is 24.3 Å². The molecule has 4 N–H and O–H groups in total. The molecule has 1 amide bonds. The molecule has 0 aliphatic carbocycles. The molecule has 1 aromatic heterocycles. The summed E-state index contributed by atoms with van der Waals surface area (Å²) in [7, 11) is 1.19. The number of para-hydroxylation sites is 1. The molecule has 1 heterocycles. The molecule has 1 unspecified atom stereocenters. The molecule has 0 aliphatic rings. The highest BCUT2D eigenvalue weighted by atomic mass is 19.4. The summed E-state index contributed by atoms with van der Waals surface area (Å²) < 4.78 is 48.2. The summed E-state index contributed by atoms with van der Waals surface area (Å²) in [4.78, 5) is 28.2. The Balaban J connectivity index is 1.66. The summed E-state index contributed by atoms with van der Waals surface area (Å²) in [6.07, 6.45) is -3.17. The van der Waals surface area contributed by atoms with Crippen molar-refractivity contribution in [1.82, 2.24) is 10.3 Å². The quantitative estimate of drug-likeness (QED) is 0.190. The number of phenolic OH excluding ortho intramolecular Hbond substituents is 1. The van der Waals surface area contributed by atoms with Crippen molar-refractivity contribution in [3.05, 3.63) is 94.7 Å². The summed E-state index contributed by atoms with van der Waals surface area (Å²) in [5.41, 5.74) is 0.222. The van der Waals surface area contributed by atoms with E-state index in [-0.39, 0.29) is 28.9 Å². The fourth-order valence-electron chi connectivity index (χ4n) is 4.20. The smallest absolute Gasteiger partial charge is 0.507 e. The van der Waals surface area contributed by atoms with Gasteiger partial charge in [-0.15, -0.1) is 13.2 Å². The topological polar surface area (TPSA) is 121 Å². The number of rotatable bonds is 7. The number of aliphatic hydroxyl groups excluding tert-OH is 1. The third kappa shape index (κ3) is 6.98. The molecule has 0 fully saturated rings. The predicted molar refractivity (Wildman–Crippen MR) is 144 cm³/mol. The van der Waals surface area contributed by atoms with E-state index >= 15 is 0 Å². The molecule has 0 aliphatic heterocycles. The van der Waals surface area contributed by atoms with E-state index < -0.39 is 41.7 Å². The Morgan fingerprint density at radius 3 is 2.51 bits per heavy atom. The summed E-state index contributed by atoms with van der Waals surface area (Å²) in [6.45, 7) is 1.06. The fraction of sp³-hybridized carbons (Fsp3) is 0.200. The zero-order chi connectivity index (χ0) is 29.8. The first-order valence-electron chi connectivity index (χ1n) is 12.2. The Morgan fingerprint density at radius 1 is 1.05 bits per heavy atom. The lowest BCUT2D eigenvalue weighted by Gasteiger charge is -2.29. The highest BCUT2D eigenvalue weighted by Gasteiger charge is 2.34. The van der Waals surface area contributed by atoms with Gasteiger partial charge in [0.05, 0.1) is 35.9 Å². The maximum absolute atomic E-state index is 13.3. The number of benzene rings is 3. The number of hydrogen-bond donors (Lipinski definition) is 4. The molecular formula is C30H25F3N2O6. The van der Waals surface area contributed by atoms with Crippen molar-refractivity contribution >= 4 is 22.8 Å². The van der Waals surface area contributed by atoms with Crippen LogP contribution < -0.4 is 10.1 Å². The minimum Gasteiger partial charge on any atom is -0.507 e. The van der Waals surface area contributed by atoms with Gasteiger partial charge in [0.1, 0.15) is 11.5 Å². The lowest BCUT2D eigenvalue weighted by atomic mass is 9.92. The van der Waals surface area contributed by atoms with Crippen molar-refractivity contribution in [2.45, 2.75) is 25.2 Å². The van der Waals surface area contributed by atoms with E-state index in [0.29, 0.717) is 0 Å². The molecule has 41 heavy (non-hydrogen) atoms. The number of phenols is 1. The number of carbonyl (C=O) groups excluding carboxylic acids is 2. The fourth-order valence-corrected chi connectivity index (χ4v) is 4.20. The van der Waals surface area contributed by atoms with Gasteiger partial charge >= 0.3 is 12.3 Å². The largest absolute Gasteiger partial charge is 0.573 e. The van der Waals surface area contributed by atoms with Crippen LogP contribution in [0.3, 0.4) is 0 Å². The molecule has 8 nitrogen and oxygen atoms in total. The molecule has 0 bridgehead atoms. The minimum atomic E-state index is -5.08.